The van der Waals surface area contributed by atoms with Gasteiger partial charge in [0.1, 0.15) is 0 Å². The summed E-state index contributed by atoms with van der Waals surface area (Å²) in [5.74, 6) is 0. The monoisotopic (exact) mass is 307 g/mol. The Morgan fingerprint density at radius 1 is 1.15 bits per heavy atom. The van der Waals surface area contributed by atoms with Crippen molar-refractivity contribution < 1.29 is 0 Å². The number of thiophene rings is 1. The highest BCUT2D eigenvalue weighted by molar-refractivity contribution is 7.12. The number of hydrogen-bond acceptors (Lipinski definition) is 2. The molecule has 0 aliphatic carbocycles. The van der Waals surface area contributed by atoms with Crippen LogP contribution in [0.3, 0.4) is 0 Å². The van der Waals surface area contributed by atoms with Gasteiger partial charge in [-0.15, -0.1) is 11.3 Å². The highest BCUT2D eigenvalue weighted by Crippen LogP contribution is 2.33. The van der Waals surface area contributed by atoms with E-state index in [2.05, 4.69) is 50.4 Å². The zero-order chi connectivity index (χ0) is 14.7. The molecule has 0 radical (unpaired) electrons. The van der Waals surface area contributed by atoms with Gasteiger partial charge in [-0.2, -0.15) is 0 Å². The van der Waals surface area contributed by atoms with Gasteiger partial charge in [-0.05, 0) is 62.6 Å². The maximum atomic E-state index is 6.30. The highest BCUT2D eigenvalue weighted by Gasteiger charge is 2.18. The van der Waals surface area contributed by atoms with Crippen molar-refractivity contribution in [2.45, 2.75) is 40.2 Å². The molecule has 1 aromatic carbocycles. The van der Waals surface area contributed by atoms with Gasteiger partial charge < -0.3 is 5.32 Å². The summed E-state index contributed by atoms with van der Waals surface area (Å²) in [6, 6.07) is 8.89. The van der Waals surface area contributed by atoms with Crippen LogP contribution in [0, 0.1) is 20.8 Å². The molecule has 20 heavy (non-hydrogen) atoms. The quantitative estimate of drug-likeness (QED) is 0.778. The van der Waals surface area contributed by atoms with Crippen LogP contribution in [0.2, 0.25) is 5.02 Å². The first-order valence-corrected chi connectivity index (χ1v) is 8.28. The number of hydrogen-bond donors (Lipinski definition) is 1. The van der Waals surface area contributed by atoms with E-state index in [1.165, 1.54) is 20.9 Å². The molecule has 0 spiro atoms. The van der Waals surface area contributed by atoms with Crippen LogP contribution in [-0.2, 0) is 0 Å². The van der Waals surface area contributed by atoms with Crippen LogP contribution in [0.25, 0.3) is 0 Å². The van der Waals surface area contributed by atoms with Gasteiger partial charge in [-0.3, -0.25) is 0 Å². The van der Waals surface area contributed by atoms with Gasteiger partial charge in [0.15, 0.2) is 0 Å². The molecular weight excluding hydrogens is 286 g/mol. The van der Waals surface area contributed by atoms with E-state index in [-0.39, 0.29) is 6.04 Å². The van der Waals surface area contributed by atoms with Crippen molar-refractivity contribution >= 4 is 22.9 Å². The topological polar surface area (TPSA) is 12.0 Å². The molecule has 2 aromatic rings. The maximum absolute atomic E-state index is 6.30. The van der Waals surface area contributed by atoms with Crippen LogP contribution in [0.4, 0.5) is 0 Å². The minimum absolute atomic E-state index is 0.242. The summed E-state index contributed by atoms with van der Waals surface area (Å²) in [6.07, 6.45) is 1.12. The Bertz CT molecular complexity index is 589. The van der Waals surface area contributed by atoms with Crippen LogP contribution < -0.4 is 5.32 Å². The van der Waals surface area contributed by atoms with Crippen LogP contribution in [-0.4, -0.2) is 6.54 Å². The van der Waals surface area contributed by atoms with E-state index >= 15 is 0 Å². The lowest BCUT2D eigenvalue weighted by Crippen LogP contribution is -2.23. The van der Waals surface area contributed by atoms with Gasteiger partial charge in [0, 0.05) is 14.8 Å². The Morgan fingerprint density at radius 3 is 2.45 bits per heavy atom. The van der Waals surface area contributed by atoms with Crippen molar-refractivity contribution in [2.24, 2.45) is 0 Å². The molecule has 1 unspecified atom stereocenters. The van der Waals surface area contributed by atoms with Crippen LogP contribution in [0.15, 0.2) is 24.3 Å². The molecule has 0 aliphatic rings. The molecule has 1 N–H and O–H groups in total. The zero-order valence-electron chi connectivity index (χ0n) is 12.6. The van der Waals surface area contributed by atoms with Crippen molar-refractivity contribution in [3.05, 3.63) is 55.7 Å². The largest absolute Gasteiger partial charge is 0.306 e. The first-order valence-electron chi connectivity index (χ1n) is 7.09. The number of halogens is 1. The molecule has 0 saturated heterocycles. The van der Waals surface area contributed by atoms with Gasteiger partial charge >= 0.3 is 0 Å². The lowest BCUT2D eigenvalue weighted by molar-refractivity contribution is 0.604. The molecule has 0 aliphatic heterocycles. The molecule has 108 valence electrons. The minimum atomic E-state index is 0.242. The molecule has 1 aromatic heterocycles. The first-order chi connectivity index (χ1) is 9.52. The Labute approximate surface area is 131 Å². The van der Waals surface area contributed by atoms with E-state index in [1.54, 1.807) is 0 Å². The lowest BCUT2D eigenvalue weighted by Gasteiger charge is -2.19. The predicted molar refractivity (Wildman–Crippen MR) is 90.1 cm³/mol. The summed E-state index contributed by atoms with van der Waals surface area (Å²) in [4.78, 5) is 2.76. The van der Waals surface area contributed by atoms with E-state index < -0.39 is 0 Å². The summed E-state index contributed by atoms with van der Waals surface area (Å²) in [5.41, 5.74) is 3.74. The molecule has 0 amide bonds. The minimum Gasteiger partial charge on any atom is -0.306 e. The number of benzene rings is 1. The Hall–Kier alpha value is -0.830. The van der Waals surface area contributed by atoms with E-state index in [0.29, 0.717) is 0 Å². The van der Waals surface area contributed by atoms with E-state index in [4.69, 9.17) is 11.6 Å². The van der Waals surface area contributed by atoms with Gasteiger partial charge in [-0.1, -0.05) is 30.7 Å². The molecule has 0 fully saturated rings. The third-order valence-corrected chi connectivity index (χ3v) is 5.09. The Kier molecular flexibility index (Phi) is 5.25. The molecule has 0 saturated carbocycles. The third kappa shape index (κ3) is 3.43. The third-order valence-electron chi connectivity index (χ3n) is 3.47. The smallest absolute Gasteiger partial charge is 0.0674 e. The predicted octanol–water partition coefficient (Wildman–Crippen LogP) is 5.42. The summed E-state index contributed by atoms with van der Waals surface area (Å²) in [7, 11) is 0. The standard InChI is InChI=1S/C17H22ClNS/c1-5-8-19-16(17-12(3)9-13(4)20-17)14-7-6-11(2)15(18)10-14/h6-7,9-10,16,19H,5,8H2,1-4H3. The zero-order valence-corrected chi connectivity index (χ0v) is 14.2. The fraction of sp³-hybridized carbons (Fsp3) is 0.412. The highest BCUT2D eigenvalue weighted by atomic mass is 35.5. The van der Waals surface area contributed by atoms with Crippen LogP contribution in [0.1, 0.15) is 45.8 Å². The summed E-state index contributed by atoms with van der Waals surface area (Å²) in [6.45, 7) is 9.60. The second kappa shape index (κ2) is 6.75. The molecule has 3 heteroatoms. The van der Waals surface area contributed by atoms with Gasteiger partial charge in [0.2, 0.25) is 0 Å². The molecular formula is C17H22ClNS. The molecule has 1 atom stereocenters. The number of nitrogens with one attached hydrogen (secondary N) is 1. The van der Waals surface area contributed by atoms with Crippen molar-refractivity contribution in [2.75, 3.05) is 6.54 Å². The molecule has 0 bridgehead atoms. The van der Waals surface area contributed by atoms with Crippen molar-refractivity contribution in [1.82, 2.24) is 5.32 Å². The maximum Gasteiger partial charge on any atom is 0.0674 e. The lowest BCUT2D eigenvalue weighted by atomic mass is 10.0. The Morgan fingerprint density at radius 2 is 1.90 bits per heavy atom. The molecule has 2 rings (SSSR count). The second-order valence-corrected chi connectivity index (χ2v) is 7.00. The van der Waals surface area contributed by atoms with Crippen molar-refractivity contribution in [3.63, 3.8) is 0 Å². The van der Waals surface area contributed by atoms with Gasteiger partial charge in [0.25, 0.3) is 0 Å². The van der Waals surface area contributed by atoms with E-state index in [1.807, 2.05) is 18.3 Å². The first kappa shape index (κ1) is 15.6. The van der Waals surface area contributed by atoms with E-state index in [9.17, 15) is 0 Å². The number of aryl methyl sites for hydroxylation is 3. The average Bonchev–Trinajstić information content (AvgIpc) is 2.73. The summed E-state index contributed by atoms with van der Waals surface area (Å²) >= 11 is 8.17. The van der Waals surface area contributed by atoms with Gasteiger partial charge in [0.05, 0.1) is 6.04 Å². The van der Waals surface area contributed by atoms with Crippen LogP contribution in [0.5, 0.6) is 0 Å². The summed E-state index contributed by atoms with van der Waals surface area (Å²) < 4.78 is 0. The van der Waals surface area contributed by atoms with Crippen molar-refractivity contribution in [1.29, 1.82) is 0 Å². The Balaban J connectivity index is 2.41. The van der Waals surface area contributed by atoms with Crippen LogP contribution >= 0.6 is 22.9 Å². The van der Waals surface area contributed by atoms with Gasteiger partial charge in [-0.25, -0.2) is 0 Å². The average molecular weight is 308 g/mol. The summed E-state index contributed by atoms with van der Waals surface area (Å²) in [5, 5.41) is 4.50. The normalized spacial score (nSPS) is 12.7. The second-order valence-electron chi connectivity index (χ2n) is 5.30. The fourth-order valence-electron chi connectivity index (χ4n) is 2.39. The number of rotatable bonds is 5. The SMILES string of the molecule is CCCNC(c1ccc(C)c(Cl)c1)c1sc(C)cc1C. The van der Waals surface area contributed by atoms with Crippen molar-refractivity contribution in [3.8, 4) is 0 Å². The fourth-order valence-corrected chi connectivity index (χ4v) is 3.71. The molecule has 1 heterocycles. The van der Waals surface area contributed by atoms with E-state index in [0.717, 1.165) is 23.6 Å². The molecule has 1 nitrogen and oxygen atoms in total.